The second-order valence-corrected chi connectivity index (χ2v) is 7.13. The van der Waals surface area contributed by atoms with E-state index in [1.165, 1.54) is 13.8 Å². The molecule has 6 N–H and O–H groups in total. The Balaban J connectivity index is 1.93. The van der Waals surface area contributed by atoms with Crippen LogP contribution in [0.3, 0.4) is 0 Å². The molecule has 4 rings (SSSR count). The summed E-state index contributed by atoms with van der Waals surface area (Å²) >= 11 is 0. The highest BCUT2D eigenvalue weighted by molar-refractivity contribution is 5.73. The maximum absolute atomic E-state index is 11.5. The van der Waals surface area contributed by atoms with Gasteiger partial charge in [-0.15, -0.1) is 0 Å². The summed E-state index contributed by atoms with van der Waals surface area (Å²) < 4.78 is 22.7. The Bertz CT molecular complexity index is 592. The normalized spacial score (nSPS) is 45.9. The Morgan fingerprint density at radius 1 is 0.893 bits per heavy atom. The van der Waals surface area contributed by atoms with Crippen LogP contribution in [0.5, 0.6) is 0 Å². The van der Waals surface area contributed by atoms with Crippen molar-refractivity contribution in [3.05, 3.63) is 0 Å². The van der Waals surface area contributed by atoms with Gasteiger partial charge >= 0.3 is 0 Å². The highest BCUT2D eigenvalue weighted by Gasteiger charge is 2.53. The van der Waals surface area contributed by atoms with Crippen molar-refractivity contribution in [3.63, 3.8) is 0 Å². The lowest BCUT2D eigenvalue weighted by molar-refractivity contribution is -0.357. The van der Waals surface area contributed by atoms with E-state index in [4.69, 9.17) is 18.9 Å². The Labute approximate surface area is 160 Å². The zero-order chi connectivity index (χ0) is 20.6. The van der Waals surface area contributed by atoms with Crippen LogP contribution in [0.15, 0.2) is 0 Å². The van der Waals surface area contributed by atoms with Crippen molar-refractivity contribution >= 4 is 11.8 Å². The molecule has 12 heteroatoms. The van der Waals surface area contributed by atoms with E-state index in [-0.39, 0.29) is 6.61 Å². The Hall–Kier alpha value is -1.38. The molecule has 0 aromatic heterocycles. The topological polar surface area (TPSA) is 176 Å². The van der Waals surface area contributed by atoms with Gasteiger partial charge in [-0.1, -0.05) is 0 Å². The fraction of sp³-hybridized carbons (Fsp3) is 0.875. The van der Waals surface area contributed by atoms with Gasteiger partial charge in [-0.05, 0) is 0 Å². The highest BCUT2D eigenvalue weighted by atomic mass is 16.7. The summed E-state index contributed by atoms with van der Waals surface area (Å²) in [6, 6.07) is -2.16. The first-order chi connectivity index (χ1) is 13.2. The van der Waals surface area contributed by atoms with Gasteiger partial charge in [0.15, 0.2) is 12.6 Å². The van der Waals surface area contributed by atoms with Crippen LogP contribution in [-0.2, 0) is 28.5 Å². The summed E-state index contributed by atoms with van der Waals surface area (Å²) in [6.45, 7) is 1.69. The molecule has 4 aliphatic heterocycles. The first-order valence-electron chi connectivity index (χ1n) is 9.00. The van der Waals surface area contributed by atoms with Crippen molar-refractivity contribution in [1.82, 2.24) is 10.6 Å². The summed E-state index contributed by atoms with van der Waals surface area (Å²) in [4.78, 5) is 23.1. The molecule has 0 unspecified atom stereocenters. The van der Waals surface area contributed by atoms with Crippen LogP contribution in [0.1, 0.15) is 13.8 Å². The van der Waals surface area contributed by atoms with Gasteiger partial charge in [-0.3, -0.25) is 9.59 Å². The number of hydrogen-bond donors (Lipinski definition) is 6. The van der Waals surface area contributed by atoms with Gasteiger partial charge in [0.05, 0.1) is 13.2 Å². The van der Waals surface area contributed by atoms with E-state index in [2.05, 4.69) is 10.6 Å². The molecule has 0 radical (unpaired) electrons. The molecule has 28 heavy (non-hydrogen) atoms. The zero-order valence-electron chi connectivity index (χ0n) is 15.4. The minimum Gasteiger partial charge on any atom is -0.394 e. The first kappa shape index (κ1) is 21.3. The van der Waals surface area contributed by atoms with Crippen LogP contribution in [0.4, 0.5) is 0 Å². The van der Waals surface area contributed by atoms with Crippen molar-refractivity contribution in [2.45, 2.75) is 75.1 Å². The third kappa shape index (κ3) is 4.14. The van der Waals surface area contributed by atoms with Crippen LogP contribution in [0.25, 0.3) is 0 Å². The number of hydrogen-bond acceptors (Lipinski definition) is 10. The molecule has 0 aliphatic carbocycles. The fourth-order valence-corrected chi connectivity index (χ4v) is 3.68. The summed E-state index contributed by atoms with van der Waals surface area (Å²) in [5.41, 5.74) is 0. The van der Waals surface area contributed by atoms with Crippen molar-refractivity contribution in [2.75, 3.05) is 13.2 Å². The SMILES string of the molecule is CC(=O)N[C@H]1[C@H]2OC[C@H]3O[C@H](O[C@H]([C@@H]1O)[C@@H](CO)O2)[C@H](NC(C)=O)[C@@H](O)[C@@H]3O. The zero-order valence-corrected chi connectivity index (χ0v) is 15.4. The molecular weight excluding hydrogens is 380 g/mol. The van der Waals surface area contributed by atoms with E-state index >= 15 is 0 Å². The molecule has 2 amide bonds. The second kappa shape index (κ2) is 8.55. The molecule has 12 nitrogen and oxygen atoms in total. The number of amides is 2. The molecule has 4 saturated heterocycles. The quantitative estimate of drug-likeness (QED) is 0.270. The van der Waals surface area contributed by atoms with Crippen LogP contribution in [0, 0.1) is 0 Å². The van der Waals surface area contributed by atoms with Gasteiger partial charge in [0.2, 0.25) is 11.8 Å². The number of fused-ring (bicyclic) bond motifs is 3. The van der Waals surface area contributed by atoms with E-state index in [1.807, 2.05) is 0 Å². The van der Waals surface area contributed by atoms with E-state index in [0.29, 0.717) is 0 Å². The molecule has 0 aromatic rings. The number of carbonyl (C=O) groups is 2. The maximum atomic E-state index is 11.5. The predicted octanol–water partition coefficient (Wildman–Crippen LogP) is -4.06. The van der Waals surface area contributed by atoms with Crippen LogP contribution < -0.4 is 10.6 Å². The minimum absolute atomic E-state index is 0.263. The maximum Gasteiger partial charge on any atom is 0.217 e. The molecule has 4 heterocycles. The number of ether oxygens (including phenoxy) is 4. The number of aliphatic hydroxyl groups excluding tert-OH is 4. The lowest BCUT2D eigenvalue weighted by Gasteiger charge is -2.50. The van der Waals surface area contributed by atoms with Crippen molar-refractivity contribution < 1.29 is 49.0 Å². The number of carbonyl (C=O) groups excluding carboxylic acids is 2. The molecule has 0 aromatic carbocycles. The Morgan fingerprint density at radius 3 is 2.07 bits per heavy atom. The van der Waals surface area contributed by atoms with Crippen LogP contribution >= 0.6 is 0 Å². The minimum atomic E-state index is -1.43. The molecule has 160 valence electrons. The lowest BCUT2D eigenvalue weighted by atomic mass is 9.93. The van der Waals surface area contributed by atoms with E-state index < -0.39 is 79.7 Å². The average Bonchev–Trinajstić information content (AvgIpc) is 2.63. The molecule has 0 spiro atoms. The molecule has 4 bridgehead atoms. The molecule has 0 saturated carbocycles. The molecule has 10 atom stereocenters. The van der Waals surface area contributed by atoms with Crippen molar-refractivity contribution in [1.29, 1.82) is 0 Å². The summed E-state index contributed by atoms with van der Waals surface area (Å²) in [5, 5.41) is 46.1. The number of aliphatic hydroxyl groups is 4. The van der Waals surface area contributed by atoms with Crippen molar-refractivity contribution in [2.24, 2.45) is 0 Å². The van der Waals surface area contributed by atoms with Crippen molar-refractivity contribution in [3.8, 4) is 0 Å². The van der Waals surface area contributed by atoms with Gasteiger partial charge in [-0.25, -0.2) is 0 Å². The van der Waals surface area contributed by atoms with Crippen LogP contribution in [-0.4, -0.2) is 107 Å². The predicted molar refractivity (Wildman–Crippen MR) is 88.5 cm³/mol. The van der Waals surface area contributed by atoms with Crippen LogP contribution in [0.2, 0.25) is 0 Å². The smallest absolute Gasteiger partial charge is 0.217 e. The standard InChI is InChI=1S/C16H26N2O10/c1-5(20)17-9-12(23)11(22)8-4-25-15-10(18-6(2)21)13(24)14(7(3-19)26-15)28-16(9)27-8/h7-16,19,22-24H,3-4H2,1-2H3,(H,17,20)(H,18,21)/t7-,8-,9-,10-,11-,12-,13-,14+,15+,16-/m1/s1. The summed E-state index contributed by atoms with van der Waals surface area (Å²) in [7, 11) is 0. The largest absolute Gasteiger partial charge is 0.394 e. The monoisotopic (exact) mass is 406 g/mol. The average molecular weight is 406 g/mol. The first-order valence-corrected chi connectivity index (χ1v) is 9.00. The molecule has 4 aliphatic rings. The number of nitrogens with one attached hydrogen (secondary N) is 2. The van der Waals surface area contributed by atoms with E-state index in [1.54, 1.807) is 0 Å². The lowest BCUT2D eigenvalue weighted by Crippen LogP contribution is -2.71. The van der Waals surface area contributed by atoms with Gasteiger partial charge < -0.3 is 50.0 Å². The molecular formula is C16H26N2O10. The van der Waals surface area contributed by atoms with Gasteiger partial charge in [0.1, 0.15) is 48.7 Å². The third-order valence-electron chi connectivity index (χ3n) is 5.01. The second-order valence-electron chi connectivity index (χ2n) is 7.13. The highest BCUT2D eigenvalue weighted by Crippen LogP contribution is 2.32. The van der Waals surface area contributed by atoms with E-state index in [0.717, 1.165) is 0 Å². The van der Waals surface area contributed by atoms with E-state index in [9.17, 15) is 30.0 Å². The van der Waals surface area contributed by atoms with Gasteiger partial charge in [0.25, 0.3) is 0 Å². The third-order valence-corrected chi connectivity index (χ3v) is 5.01. The fourth-order valence-electron chi connectivity index (χ4n) is 3.68. The van der Waals surface area contributed by atoms with Gasteiger partial charge in [-0.2, -0.15) is 0 Å². The molecule has 4 fully saturated rings. The Kier molecular flexibility index (Phi) is 6.51. The summed E-state index contributed by atoms with van der Waals surface area (Å²) in [5.74, 6) is -0.937. The van der Waals surface area contributed by atoms with Gasteiger partial charge in [0, 0.05) is 13.8 Å². The Morgan fingerprint density at radius 2 is 1.50 bits per heavy atom. The summed E-state index contributed by atoms with van der Waals surface area (Å²) in [6.07, 6.45) is -9.80. The number of rotatable bonds is 3.